The minimum Gasteiger partial charge on any atom is -0.480 e. The SMILES string of the molecule is CCC(NC(=O)c1oncc1C)C(=O)O. The third kappa shape index (κ3) is 2.55. The van der Waals surface area contributed by atoms with E-state index in [0.29, 0.717) is 12.0 Å². The highest BCUT2D eigenvalue weighted by Gasteiger charge is 2.21. The second kappa shape index (κ2) is 4.59. The molecule has 6 heteroatoms. The van der Waals surface area contributed by atoms with Crippen molar-refractivity contribution in [1.82, 2.24) is 10.5 Å². The lowest BCUT2D eigenvalue weighted by Crippen LogP contribution is -2.40. The summed E-state index contributed by atoms with van der Waals surface area (Å²) in [6, 6.07) is -0.901. The first-order valence-electron chi connectivity index (χ1n) is 4.51. The van der Waals surface area contributed by atoms with E-state index < -0.39 is 17.9 Å². The van der Waals surface area contributed by atoms with Crippen molar-refractivity contribution in [2.24, 2.45) is 0 Å². The number of rotatable bonds is 4. The largest absolute Gasteiger partial charge is 0.480 e. The summed E-state index contributed by atoms with van der Waals surface area (Å²) >= 11 is 0. The van der Waals surface area contributed by atoms with Crippen LogP contribution in [0, 0.1) is 6.92 Å². The van der Waals surface area contributed by atoms with Gasteiger partial charge in [-0.2, -0.15) is 0 Å². The van der Waals surface area contributed by atoms with E-state index in [1.807, 2.05) is 0 Å². The molecule has 0 aliphatic rings. The highest BCUT2D eigenvalue weighted by Crippen LogP contribution is 2.06. The van der Waals surface area contributed by atoms with Gasteiger partial charge in [-0.25, -0.2) is 4.79 Å². The van der Waals surface area contributed by atoms with Crippen molar-refractivity contribution >= 4 is 11.9 Å². The summed E-state index contributed by atoms with van der Waals surface area (Å²) in [6.45, 7) is 3.33. The predicted molar refractivity (Wildman–Crippen MR) is 50.4 cm³/mol. The number of aryl methyl sites for hydroxylation is 1. The average molecular weight is 212 g/mol. The fourth-order valence-corrected chi connectivity index (χ4v) is 1.07. The Hall–Kier alpha value is -1.85. The number of aliphatic carboxylic acids is 1. The van der Waals surface area contributed by atoms with Gasteiger partial charge in [0.15, 0.2) is 0 Å². The molecule has 0 aliphatic carbocycles. The zero-order valence-corrected chi connectivity index (χ0v) is 8.48. The van der Waals surface area contributed by atoms with E-state index in [9.17, 15) is 9.59 Å². The second-order valence-corrected chi connectivity index (χ2v) is 3.11. The molecule has 0 saturated heterocycles. The fraction of sp³-hybridized carbons (Fsp3) is 0.444. The van der Waals surface area contributed by atoms with Crippen LogP contribution in [0.15, 0.2) is 10.7 Å². The van der Waals surface area contributed by atoms with Crippen LogP contribution in [0.1, 0.15) is 29.5 Å². The van der Waals surface area contributed by atoms with Crippen LogP contribution < -0.4 is 5.32 Å². The van der Waals surface area contributed by atoms with Crippen molar-refractivity contribution in [2.45, 2.75) is 26.3 Å². The molecule has 1 atom stereocenters. The second-order valence-electron chi connectivity index (χ2n) is 3.11. The molecular formula is C9H12N2O4. The van der Waals surface area contributed by atoms with Gasteiger partial charge in [-0.3, -0.25) is 4.79 Å². The number of nitrogens with one attached hydrogen (secondary N) is 1. The number of carbonyl (C=O) groups is 2. The number of carboxylic acids is 1. The van der Waals surface area contributed by atoms with Crippen molar-refractivity contribution in [2.75, 3.05) is 0 Å². The minimum atomic E-state index is -1.07. The smallest absolute Gasteiger partial charge is 0.326 e. The molecule has 0 fully saturated rings. The molecule has 0 radical (unpaired) electrons. The molecule has 0 bridgehead atoms. The zero-order chi connectivity index (χ0) is 11.4. The number of amides is 1. The lowest BCUT2D eigenvalue weighted by atomic mass is 10.2. The standard InChI is InChI=1S/C9H12N2O4/c1-3-6(9(13)14)11-8(12)7-5(2)4-10-15-7/h4,6H,3H2,1-2H3,(H,11,12)(H,13,14). The maximum atomic E-state index is 11.5. The van der Waals surface area contributed by atoms with Gasteiger partial charge in [-0.1, -0.05) is 12.1 Å². The lowest BCUT2D eigenvalue weighted by molar-refractivity contribution is -0.139. The number of aromatic nitrogens is 1. The summed E-state index contributed by atoms with van der Waals surface area (Å²) in [5.41, 5.74) is 0.577. The summed E-state index contributed by atoms with van der Waals surface area (Å²) < 4.78 is 4.70. The Kier molecular flexibility index (Phi) is 3.43. The molecule has 1 aromatic rings. The molecule has 1 heterocycles. The molecule has 1 rings (SSSR count). The average Bonchev–Trinajstić information content (AvgIpc) is 2.60. The number of carboxylic acid groups (broad SMARTS) is 1. The molecule has 0 spiro atoms. The third-order valence-corrected chi connectivity index (χ3v) is 1.97. The Bertz CT molecular complexity index is 372. The molecule has 1 amide bonds. The van der Waals surface area contributed by atoms with Crippen LogP contribution in [0.4, 0.5) is 0 Å². The van der Waals surface area contributed by atoms with Gasteiger partial charge in [-0.15, -0.1) is 0 Å². The zero-order valence-electron chi connectivity index (χ0n) is 8.48. The molecule has 0 saturated carbocycles. The van der Waals surface area contributed by atoms with E-state index in [1.165, 1.54) is 6.20 Å². The van der Waals surface area contributed by atoms with Gasteiger partial charge >= 0.3 is 5.97 Å². The van der Waals surface area contributed by atoms with Crippen molar-refractivity contribution in [3.05, 3.63) is 17.5 Å². The lowest BCUT2D eigenvalue weighted by Gasteiger charge is -2.10. The molecule has 1 unspecified atom stereocenters. The van der Waals surface area contributed by atoms with E-state index in [4.69, 9.17) is 9.63 Å². The van der Waals surface area contributed by atoms with E-state index in [1.54, 1.807) is 13.8 Å². The molecule has 1 aromatic heterocycles. The van der Waals surface area contributed by atoms with Crippen molar-refractivity contribution in [1.29, 1.82) is 0 Å². The van der Waals surface area contributed by atoms with Crippen LogP contribution in [0.5, 0.6) is 0 Å². The highest BCUT2D eigenvalue weighted by atomic mass is 16.5. The Labute approximate surface area is 86.3 Å². The normalized spacial score (nSPS) is 12.1. The number of hydrogen-bond donors (Lipinski definition) is 2. The van der Waals surface area contributed by atoms with Crippen LogP contribution in [0.3, 0.4) is 0 Å². The predicted octanol–water partition coefficient (Wildman–Crippen LogP) is 0.576. The number of nitrogens with zero attached hydrogens (tertiary/aromatic N) is 1. The topological polar surface area (TPSA) is 92.4 Å². The van der Waals surface area contributed by atoms with E-state index >= 15 is 0 Å². The maximum Gasteiger partial charge on any atom is 0.326 e. The van der Waals surface area contributed by atoms with Gasteiger partial charge in [0.2, 0.25) is 5.76 Å². The number of hydrogen-bond acceptors (Lipinski definition) is 4. The van der Waals surface area contributed by atoms with E-state index in [2.05, 4.69) is 10.5 Å². The Morgan fingerprint density at radius 3 is 2.73 bits per heavy atom. The maximum absolute atomic E-state index is 11.5. The monoisotopic (exact) mass is 212 g/mol. The van der Waals surface area contributed by atoms with Crippen molar-refractivity contribution in [3.63, 3.8) is 0 Å². The van der Waals surface area contributed by atoms with Crippen molar-refractivity contribution in [3.8, 4) is 0 Å². The quantitative estimate of drug-likeness (QED) is 0.761. The Balaban J connectivity index is 2.71. The summed E-state index contributed by atoms with van der Waals surface area (Å²) in [7, 11) is 0. The summed E-state index contributed by atoms with van der Waals surface area (Å²) in [5, 5.41) is 14.5. The van der Waals surface area contributed by atoms with Gasteiger partial charge < -0.3 is 14.9 Å². The summed E-state index contributed by atoms with van der Waals surface area (Å²) in [5.74, 6) is -1.57. The molecule has 82 valence electrons. The van der Waals surface area contributed by atoms with Crippen LogP contribution in [0.2, 0.25) is 0 Å². The van der Waals surface area contributed by atoms with Crippen LogP contribution in [0.25, 0.3) is 0 Å². The summed E-state index contributed by atoms with van der Waals surface area (Å²) in [6.07, 6.45) is 1.71. The first kappa shape index (κ1) is 11.2. The molecule has 6 nitrogen and oxygen atoms in total. The van der Waals surface area contributed by atoms with Gasteiger partial charge in [0.1, 0.15) is 6.04 Å². The van der Waals surface area contributed by atoms with Crippen LogP contribution in [-0.2, 0) is 4.79 Å². The van der Waals surface area contributed by atoms with Gasteiger partial charge in [0, 0.05) is 5.56 Å². The Morgan fingerprint density at radius 1 is 1.67 bits per heavy atom. The summed E-state index contributed by atoms with van der Waals surface area (Å²) in [4.78, 5) is 22.2. The van der Waals surface area contributed by atoms with Crippen molar-refractivity contribution < 1.29 is 19.2 Å². The first-order chi connectivity index (χ1) is 7.06. The third-order valence-electron chi connectivity index (χ3n) is 1.97. The van der Waals surface area contributed by atoms with E-state index in [-0.39, 0.29) is 5.76 Å². The highest BCUT2D eigenvalue weighted by molar-refractivity contribution is 5.95. The molecule has 0 aromatic carbocycles. The van der Waals surface area contributed by atoms with Gasteiger partial charge in [-0.05, 0) is 13.3 Å². The van der Waals surface area contributed by atoms with Crippen LogP contribution in [-0.4, -0.2) is 28.2 Å². The van der Waals surface area contributed by atoms with E-state index in [0.717, 1.165) is 0 Å². The molecular weight excluding hydrogens is 200 g/mol. The fourth-order valence-electron chi connectivity index (χ4n) is 1.07. The Morgan fingerprint density at radius 2 is 2.33 bits per heavy atom. The minimum absolute atomic E-state index is 0.0506. The molecule has 15 heavy (non-hydrogen) atoms. The first-order valence-corrected chi connectivity index (χ1v) is 4.51. The van der Waals surface area contributed by atoms with Gasteiger partial charge in [0.25, 0.3) is 5.91 Å². The van der Waals surface area contributed by atoms with Crippen LogP contribution >= 0.6 is 0 Å². The molecule has 0 aliphatic heterocycles. The molecule has 2 N–H and O–H groups in total. The van der Waals surface area contributed by atoms with Gasteiger partial charge in [0.05, 0.1) is 6.20 Å². The number of carbonyl (C=O) groups excluding carboxylic acids is 1.